The van der Waals surface area contributed by atoms with Gasteiger partial charge in [0, 0.05) is 31.5 Å². The third kappa shape index (κ3) is 3.00. The summed E-state index contributed by atoms with van der Waals surface area (Å²) >= 11 is 0. The highest BCUT2D eigenvalue weighted by Crippen LogP contribution is 2.11. The summed E-state index contributed by atoms with van der Waals surface area (Å²) in [6.07, 6.45) is 4.18. The molecule has 7 heteroatoms. The molecule has 0 spiro atoms. The number of nitrogens with zero attached hydrogens (tertiary/aromatic N) is 4. The second-order valence-electron chi connectivity index (χ2n) is 4.34. The van der Waals surface area contributed by atoms with E-state index in [2.05, 4.69) is 15.5 Å². The lowest BCUT2D eigenvalue weighted by atomic mass is 10.2. The second kappa shape index (κ2) is 5.66. The molecular weight excluding hydrogens is 244 g/mol. The van der Waals surface area contributed by atoms with Gasteiger partial charge in [-0.05, 0) is 19.9 Å². The van der Waals surface area contributed by atoms with Crippen LogP contribution >= 0.6 is 0 Å². The zero-order chi connectivity index (χ0) is 13.8. The molecule has 102 valence electrons. The number of rotatable bonds is 5. The molecule has 7 nitrogen and oxygen atoms in total. The summed E-state index contributed by atoms with van der Waals surface area (Å²) in [5.74, 6) is 0.330. The van der Waals surface area contributed by atoms with Crippen molar-refractivity contribution in [2.24, 2.45) is 12.8 Å². The normalized spacial score (nSPS) is 10.7. The van der Waals surface area contributed by atoms with Crippen LogP contribution in [0, 0.1) is 6.92 Å². The first-order valence-corrected chi connectivity index (χ1v) is 6.15. The van der Waals surface area contributed by atoms with Crippen molar-refractivity contribution in [1.82, 2.24) is 19.6 Å². The number of carbonyl (C=O) groups is 1. The molecule has 0 unspecified atom stereocenters. The van der Waals surface area contributed by atoms with Crippen molar-refractivity contribution in [2.45, 2.75) is 19.9 Å². The average Bonchev–Trinajstić information content (AvgIpc) is 2.93. The molecule has 2 heterocycles. The molecule has 0 aliphatic rings. The van der Waals surface area contributed by atoms with Crippen LogP contribution in [0.4, 0.5) is 5.82 Å². The number of aromatic nitrogens is 4. The van der Waals surface area contributed by atoms with Gasteiger partial charge in [-0.15, -0.1) is 0 Å². The summed E-state index contributed by atoms with van der Waals surface area (Å²) in [6, 6.07) is 1.74. The van der Waals surface area contributed by atoms with Crippen molar-refractivity contribution in [2.75, 3.05) is 11.9 Å². The Labute approximate surface area is 111 Å². The Bertz CT molecular complexity index is 571. The summed E-state index contributed by atoms with van der Waals surface area (Å²) in [5, 5.41) is 11.0. The number of hydrogen-bond donors (Lipinski definition) is 2. The molecule has 19 heavy (non-hydrogen) atoms. The van der Waals surface area contributed by atoms with Crippen molar-refractivity contribution in [3.63, 3.8) is 0 Å². The minimum atomic E-state index is -0.199. The first kappa shape index (κ1) is 13.3. The van der Waals surface area contributed by atoms with Crippen molar-refractivity contribution in [1.29, 1.82) is 0 Å². The Hall–Kier alpha value is -2.15. The molecule has 0 fully saturated rings. The quantitative estimate of drug-likeness (QED) is 0.822. The van der Waals surface area contributed by atoms with E-state index in [4.69, 9.17) is 5.73 Å². The molecule has 1 amide bonds. The summed E-state index contributed by atoms with van der Waals surface area (Å²) in [6.45, 7) is 3.20. The lowest BCUT2D eigenvalue weighted by molar-refractivity contribution is 0.102. The first-order valence-electron chi connectivity index (χ1n) is 6.15. The van der Waals surface area contributed by atoms with Crippen molar-refractivity contribution >= 4 is 11.7 Å². The number of nitrogens with two attached hydrogens (primary N) is 1. The highest BCUT2D eigenvalue weighted by atomic mass is 16.1. The number of amides is 1. The van der Waals surface area contributed by atoms with E-state index in [1.54, 1.807) is 34.9 Å². The molecule has 0 bridgehead atoms. The molecule has 0 saturated carbocycles. The van der Waals surface area contributed by atoms with E-state index in [9.17, 15) is 4.79 Å². The van der Waals surface area contributed by atoms with Crippen molar-refractivity contribution in [3.8, 4) is 0 Å². The first-order chi connectivity index (χ1) is 9.11. The van der Waals surface area contributed by atoms with Crippen molar-refractivity contribution in [3.05, 3.63) is 29.7 Å². The van der Waals surface area contributed by atoms with E-state index in [0.717, 1.165) is 18.7 Å². The highest BCUT2D eigenvalue weighted by molar-refractivity contribution is 6.04. The largest absolute Gasteiger partial charge is 0.330 e. The summed E-state index contributed by atoms with van der Waals surface area (Å²) in [5.41, 5.74) is 6.86. The molecule has 2 aromatic heterocycles. The van der Waals surface area contributed by atoms with Crippen LogP contribution in [-0.2, 0) is 13.6 Å². The van der Waals surface area contributed by atoms with Gasteiger partial charge >= 0.3 is 0 Å². The lowest BCUT2D eigenvalue weighted by Gasteiger charge is -2.04. The fraction of sp³-hybridized carbons (Fsp3) is 0.417. The molecule has 2 aromatic rings. The smallest absolute Gasteiger partial charge is 0.260 e. The number of anilines is 1. The van der Waals surface area contributed by atoms with Crippen LogP contribution in [0.15, 0.2) is 18.5 Å². The number of aryl methyl sites for hydroxylation is 2. The zero-order valence-corrected chi connectivity index (χ0v) is 11.1. The molecule has 0 aliphatic heterocycles. The third-order valence-electron chi connectivity index (χ3n) is 2.88. The van der Waals surface area contributed by atoms with Gasteiger partial charge in [0.25, 0.3) is 5.91 Å². The van der Waals surface area contributed by atoms with Gasteiger partial charge in [0.15, 0.2) is 5.82 Å². The lowest BCUT2D eigenvalue weighted by Crippen LogP contribution is -2.14. The summed E-state index contributed by atoms with van der Waals surface area (Å²) < 4.78 is 3.42. The van der Waals surface area contributed by atoms with Gasteiger partial charge < -0.3 is 11.1 Å². The summed E-state index contributed by atoms with van der Waals surface area (Å²) in [4.78, 5) is 12.1. The van der Waals surface area contributed by atoms with Crippen LogP contribution in [0.5, 0.6) is 0 Å². The van der Waals surface area contributed by atoms with E-state index in [0.29, 0.717) is 17.9 Å². The van der Waals surface area contributed by atoms with E-state index in [1.807, 2.05) is 6.92 Å². The standard InChI is InChI=1S/C12H18N6O/c1-9-10(8-14-18(9)6-3-5-13)12(19)15-11-4-7-17(2)16-11/h4,7-8H,3,5-6,13H2,1-2H3,(H,15,16,19). The molecular formula is C12H18N6O. The number of hydrogen-bond acceptors (Lipinski definition) is 4. The molecule has 0 saturated heterocycles. The van der Waals surface area contributed by atoms with Gasteiger partial charge in [0.1, 0.15) is 0 Å². The summed E-state index contributed by atoms with van der Waals surface area (Å²) in [7, 11) is 1.80. The Morgan fingerprint density at radius 2 is 2.32 bits per heavy atom. The molecule has 3 N–H and O–H groups in total. The highest BCUT2D eigenvalue weighted by Gasteiger charge is 2.14. The minimum absolute atomic E-state index is 0.199. The van der Waals surface area contributed by atoms with E-state index in [1.165, 1.54) is 0 Å². The fourth-order valence-corrected chi connectivity index (χ4v) is 1.80. The van der Waals surface area contributed by atoms with Gasteiger partial charge in [0.2, 0.25) is 0 Å². The van der Waals surface area contributed by atoms with Crippen LogP contribution in [0.1, 0.15) is 22.5 Å². The molecule has 0 radical (unpaired) electrons. The van der Waals surface area contributed by atoms with Gasteiger partial charge in [-0.3, -0.25) is 14.2 Å². The molecule has 0 aromatic carbocycles. The fourth-order valence-electron chi connectivity index (χ4n) is 1.80. The Morgan fingerprint density at radius 3 is 2.95 bits per heavy atom. The van der Waals surface area contributed by atoms with Crippen LogP contribution in [0.3, 0.4) is 0 Å². The van der Waals surface area contributed by atoms with Crippen molar-refractivity contribution < 1.29 is 4.79 Å². The van der Waals surface area contributed by atoms with Crippen LogP contribution in [0.25, 0.3) is 0 Å². The second-order valence-corrected chi connectivity index (χ2v) is 4.34. The van der Waals surface area contributed by atoms with Gasteiger partial charge in [-0.1, -0.05) is 0 Å². The van der Waals surface area contributed by atoms with Crippen LogP contribution < -0.4 is 11.1 Å². The van der Waals surface area contributed by atoms with E-state index >= 15 is 0 Å². The zero-order valence-electron chi connectivity index (χ0n) is 11.1. The van der Waals surface area contributed by atoms with E-state index in [-0.39, 0.29) is 5.91 Å². The molecule has 0 atom stereocenters. The maximum absolute atomic E-state index is 12.1. The van der Waals surface area contributed by atoms with Gasteiger partial charge in [-0.25, -0.2) is 0 Å². The topological polar surface area (TPSA) is 90.8 Å². The van der Waals surface area contributed by atoms with Crippen LogP contribution in [-0.4, -0.2) is 32.0 Å². The molecule has 0 aliphatic carbocycles. The van der Waals surface area contributed by atoms with Gasteiger partial charge in [0.05, 0.1) is 11.8 Å². The Morgan fingerprint density at radius 1 is 1.53 bits per heavy atom. The number of carbonyl (C=O) groups excluding carboxylic acids is 1. The number of nitrogens with one attached hydrogen (secondary N) is 1. The average molecular weight is 262 g/mol. The maximum atomic E-state index is 12.1. The molecule has 2 rings (SSSR count). The third-order valence-corrected chi connectivity index (χ3v) is 2.88. The van der Waals surface area contributed by atoms with E-state index < -0.39 is 0 Å². The monoisotopic (exact) mass is 262 g/mol. The SMILES string of the molecule is Cc1c(C(=O)Nc2ccn(C)n2)cnn1CCCN. The predicted octanol–water partition coefficient (Wildman–Crippen LogP) is 0.526. The van der Waals surface area contributed by atoms with Crippen LogP contribution in [0.2, 0.25) is 0 Å². The Kier molecular flexibility index (Phi) is 3.96. The predicted molar refractivity (Wildman–Crippen MR) is 71.8 cm³/mol. The Balaban J connectivity index is 2.09. The van der Waals surface area contributed by atoms with Gasteiger partial charge in [-0.2, -0.15) is 10.2 Å². The maximum Gasteiger partial charge on any atom is 0.260 e. The minimum Gasteiger partial charge on any atom is -0.330 e.